The highest BCUT2D eigenvalue weighted by atomic mass is 32.2. The number of thiol groups is 1. The van der Waals surface area contributed by atoms with Crippen molar-refractivity contribution in [2.45, 2.75) is 31.6 Å². The second-order valence-electron chi connectivity index (χ2n) is 3.66. The molecule has 0 aromatic carbocycles. The van der Waals surface area contributed by atoms with E-state index in [9.17, 15) is 4.79 Å². The summed E-state index contributed by atoms with van der Waals surface area (Å²) in [7, 11) is 0. The molecule has 1 N–H and O–H groups in total. The Hall–Kier alpha value is 0.250. The van der Waals surface area contributed by atoms with Crippen LogP contribution >= 0.6 is 24.6 Å². The maximum atomic E-state index is 11.4. The van der Waals surface area contributed by atoms with Crippen molar-refractivity contribution in [3.05, 3.63) is 0 Å². The summed E-state index contributed by atoms with van der Waals surface area (Å²) in [5.74, 6) is 0.0263. The largest absolute Gasteiger partial charge is 0.380 e. The molecule has 0 fully saturated rings. The second-order valence-corrected chi connectivity index (χ2v) is 5.13. The maximum Gasteiger partial charge on any atom is 0.173 e. The second kappa shape index (κ2) is 11.3. The zero-order valence-corrected chi connectivity index (χ0v) is 12.5. The van der Waals surface area contributed by atoms with Gasteiger partial charge in [0.25, 0.3) is 0 Å². The maximum absolute atomic E-state index is 11.4. The van der Waals surface area contributed by atoms with Gasteiger partial charge in [-0.05, 0) is 26.5 Å². The van der Waals surface area contributed by atoms with Gasteiger partial charge in [0.2, 0.25) is 0 Å². The van der Waals surface area contributed by atoms with Gasteiger partial charge in [-0.2, -0.15) is 12.6 Å². The molecule has 0 rings (SSSR count). The summed E-state index contributed by atoms with van der Waals surface area (Å²) in [6.45, 7) is 6.26. The number of carbonyl (C=O) groups excluding carboxylic acids is 1. The summed E-state index contributed by atoms with van der Waals surface area (Å²) < 4.78 is 13.9. The Kier molecular flexibility index (Phi) is 11.5. The van der Waals surface area contributed by atoms with Gasteiger partial charge in [0.05, 0.1) is 11.9 Å². The lowest BCUT2D eigenvalue weighted by atomic mass is 10.2. The average Bonchev–Trinajstić information content (AvgIpc) is 2.31. The van der Waals surface area contributed by atoms with Crippen molar-refractivity contribution in [1.82, 2.24) is 4.72 Å². The Labute approximate surface area is 114 Å². The number of carbonyl (C=O) groups is 1. The predicted molar refractivity (Wildman–Crippen MR) is 75.8 cm³/mol. The van der Waals surface area contributed by atoms with Crippen LogP contribution in [0.2, 0.25) is 0 Å². The highest BCUT2D eigenvalue weighted by molar-refractivity contribution is 7.96. The lowest BCUT2D eigenvalue weighted by molar-refractivity contribution is -0.128. The van der Waals surface area contributed by atoms with Crippen LogP contribution in [0.25, 0.3) is 0 Å². The smallest absolute Gasteiger partial charge is 0.173 e. The molecular weight excluding hydrogens is 258 g/mol. The van der Waals surface area contributed by atoms with E-state index >= 15 is 0 Å². The Morgan fingerprint density at radius 1 is 1.35 bits per heavy atom. The van der Waals surface area contributed by atoms with Gasteiger partial charge in [-0.15, -0.1) is 0 Å². The van der Waals surface area contributed by atoms with Gasteiger partial charge >= 0.3 is 0 Å². The minimum Gasteiger partial charge on any atom is -0.380 e. The van der Waals surface area contributed by atoms with Crippen molar-refractivity contribution in [3.63, 3.8) is 0 Å². The van der Waals surface area contributed by atoms with E-state index in [4.69, 9.17) is 9.47 Å². The third-order valence-corrected chi connectivity index (χ3v) is 2.85. The van der Waals surface area contributed by atoms with E-state index in [-0.39, 0.29) is 17.1 Å². The molecule has 0 bridgehead atoms. The summed E-state index contributed by atoms with van der Waals surface area (Å²) >= 11 is 5.66. The number of ketones is 1. The molecule has 0 aliphatic rings. The Morgan fingerprint density at radius 3 is 2.65 bits per heavy atom. The number of rotatable bonds is 11. The van der Waals surface area contributed by atoms with Gasteiger partial charge < -0.3 is 9.47 Å². The molecule has 4 nitrogen and oxygen atoms in total. The van der Waals surface area contributed by atoms with E-state index in [0.29, 0.717) is 19.8 Å². The fourth-order valence-corrected chi connectivity index (χ4v) is 1.66. The minimum absolute atomic E-state index is 0.0263. The van der Waals surface area contributed by atoms with Crippen molar-refractivity contribution < 1.29 is 14.3 Å². The first-order chi connectivity index (χ1) is 8.09. The van der Waals surface area contributed by atoms with E-state index < -0.39 is 0 Å². The molecule has 2 atom stereocenters. The van der Waals surface area contributed by atoms with Crippen molar-refractivity contribution in [1.29, 1.82) is 0 Å². The number of Topliss-reactive ketones (excluding diaryl/α,β-unsaturated/α-hetero) is 1. The Morgan fingerprint density at radius 2 is 2.06 bits per heavy atom. The molecule has 0 radical (unpaired) electrons. The fraction of sp³-hybridized carbons (Fsp3) is 0.909. The van der Waals surface area contributed by atoms with Crippen LogP contribution in [0.1, 0.15) is 20.3 Å². The third-order valence-electron chi connectivity index (χ3n) is 2.11. The standard InChI is InChI=1S/C11H23NO3S2/c1-9(11(13)10(2)16)15-7-4-6-14-8-5-12-17-3/h9-10,12,16H,4-8H2,1-3H3/t9-,10?/m0/s1. The van der Waals surface area contributed by atoms with E-state index in [2.05, 4.69) is 17.4 Å². The van der Waals surface area contributed by atoms with Gasteiger partial charge in [-0.1, -0.05) is 11.9 Å². The molecule has 1 unspecified atom stereocenters. The first kappa shape index (κ1) is 17.2. The van der Waals surface area contributed by atoms with Gasteiger partial charge in [0, 0.05) is 19.8 Å². The topological polar surface area (TPSA) is 47.6 Å². The minimum atomic E-state index is -0.374. The van der Waals surface area contributed by atoms with E-state index in [1.165, 1.54) is 0 Å². The Bertz CT molecular complexity index is 203. The number of ether oxygens (including phenoxy) is 2. The molecule has 0 saturated heterocycles. The molecule has 0 aliphatic heterocycles. The van der Waals surface area contributed by atoms with Crippen LogP contribution in [-0.4, -0.2) is 49.8 Å². The van der Waals surface area contributed by atoms with Crippen molar-refractivity contribution in [2.75, 3.05) is 32.6 Å². The molecule has 0 amide bonds. The first-order valence-electron chi connectivity index (χ1n) is 5.76. The molecule has 0 aromatic rings. The van der Waals surface area contributed by atoms with Crippen LogP contribution in [0.15, 0.2) is 0 Å². The zero-order valence-electron chi connectivity index (χ0n) is 10.8. The SMILES string of the molecule is CSNCCOCCCO[C@@H](C)C(=O)C(C)S. The first-order valence-corrected chi connectivity index (χ1v) is 7.50. The third kappa shape index (κ3) is 9.91. The molecule has 0 aromatic heterocycles. The van der Waals surface area contributed by atoms with Crippen molar-refractivity contribution in [3.8, 4) is 0 Å². The summed E-state index contributed by atoms with van der Waals surface area (Å²) in [6.07, 6.45) is 2.41. The Balaban J connectivity index is 3.30. The number of hydrogen-bond donors (Lipinski definition) is 2. The van der Waals surface area contributed by atoms with Crippen LogP contribution in [0.5, 0.6) is 0 Å². The van der Waals surface area contributed by atoms with Crippen LogP contribution in [0.4, 0.5) is 0 Å². The average molecular weight is 281 g/mol. The number of nitrogens with one attached hydrogen (secondary N) is 1. The summed E-state index contributed by atoms with van der Waals surface area (Å²) in [5, 5.41) is -0.265. The summed E-state index contributed by atoms with van der Waals surface area (Å²) in [4.78, 5) is 11.4. The van der Waals surface area contributed by atoms with Gasteiger partial charge in [-0.25, -0.2) is 0 Å². The summed E-state index contributed by atoms with van der Waals surface area (Å²) in [5.41, 5.74) is 0. The van der Waals surface area contributed by atoms with Gasteiger partial charge in [-0.3, -0.25) is 9.52 Å². The van der Waals surface area contributed by atoms with E-state index in [1.807, 2.05) is 6.26 Å². The summed E-state index contributed by atoms with van der Waals surface area (Å²) in [6, 6.07) is 0. The highest BCUT2D eigenvalue weighted by Crippen LogP contribution is 2.03. The van der Waals surface area contributed by atoms with Crippen LogP contribution in [0, 0.1) is 0 Å². The molecule has 17 heavy (non-hydrogen) atoms. The van der Waals surface area contributed by atoms with E-state index in [0.717, 1.165) is 13.0 Å². The van der Waals surface area contributed by atoms with Crippen LogP contribution in [-0.2, 0) is 14.3 Å². The van der Waals surface area contributed by atoms with Crippen molar-refractivity contribution in [2.24, 2.45) is 0 Å². The quantitative estimate of drug-likeness (QED) is 0.342. The van der Waals surface area contributed by atoms with E-state index in [1.54, 1.807) is 25.8 Å². The van der Waals surface area contributed by atoms with Crippen LogP contribution < -0.4 is 4.72 Å². The molecule has 6 heteroatoms. The number of hydrogen-bond acceptors (Lipinski definition) is 6. The van der Waals surface area contributed by atoms with Gasteiger partial charge in [0.15, 0.2) is 5.78 Å². The van der Waals surface area contributed by atoms with Crippen molar-refractivity contribution >= 4 is 30.4 Å². The molecule has 0 saturated carbocycles. The predicted octanol–water partition coefficient (Wildman–Crippen LogP) is 1.55. The normalized spacial score (nSPS) is 14.6. The lowest BCUT2D eigenvalue weighted by Crippen LogP contribution is -2.27. The molecular formula is C11H23NO3S2. The molecule has 0 heterocycles. The lowest BCUT2D eigenvalue weighted by Gasteiger charge is -2.13. The zero-order chi connectivity index (χ0) is 13.1. The molecule has 102 valence electrons. The highest BCUT2D eigenvalue weighted by Gasteiger charge is 2.16. The molecule has 0 spiro atoms. The van der Waals surface area contributed by atoms with Gasteiger partial charge in [0.1, 0.15) is 6.10 Å². The van der Waals surface area contributed by atoms with Crippen LogP contribution in [0.3, 0.4) is 0 Å². The molecule has 0 aliphatic carbocycles. The fourth-order valence-electron chi connectivity index (χ4n) is 1.16. The monoisotopic (exact) mass is 281 g/mol.